The summed E-state index contributed by atoms with van der Waals surface area (Å²) < 4.78 is 12.0. The summed E-state index contributed by atoms with van der Waals surface area (Å²) in [5.41, 5.74) is 2.83. The summed E-state index contributed by atoms with van der Waals surface area (Å²) in [6.07, 6.45) is 2.67. The molecule has 0 radical (unpaired) electrons. The number of para-hydroxylation sites is 1. The Morgan fingerprint density at radius 3 is 2.19 bits per heavy atom. The summed E-state index contributed by atoms with van der Waals surface area (Å²) in [5.74, 6) is 2.32. The molecule has 3 aromatic rings. The number of piperidine rings is 1. The Balaban J connectivity index is 1.29. The highest BCUT2D eigenvalue weighted by molar-refractivity contribution is 5.92. The lowest BCUT2D eigenvalue weighted by Gasteiger charge is -2.23. The quantitative estimate of drug-likeness (QED) is 0.563. The molecule has 0 unspecified atom stereocenters. The zero-order valence-electron chi connectivity index (χ0n) is 17.8. The molecule has 0 saturated carbocycles. The molecule has 0 atom stereocenters. The first-order valence-corrected chi connectivity index (χ1v) is 10.8. The highest BCUT2D eigenvalue weighted by Gasteiger charge is 2.14. The van der Waals surface area contributed by atoms with Crippen molar-refractivity contribution in [2.75, 3.05) is 18.4 Å². The van der Waals surface area contributed by atoms with Crippen LogP contribution in [0.5, 0.6) is 17.2 Å². The van der Waals surface area contributed by atoms with E-state index in [1.807, 2.05) is 79.7 Å². The van der Waals surface area contributed by atoms with Gasteiger partial charge >= 0.3 is 0 Å². The number of nitrogens with one attached hydrogen (secondary N) is 2. The maximum Gasteiger partial charge on any atom is 0.228 e. The normalized spacial score (nSPS) is 14.1. The van der Waals surface area contributed by atoms with Crippen LogP contribution in [0.25, 0.3) is 0 Å². The van der Waals surface area contributed by atoms with E-state index in [2.05, 4.69) is 10.6 Å². The largest absolute Gasteiger partial charge is 0.490 e. The summed E-state index contributed by atoms with van der Waals surface area (Å²) >= 11 is 0. The minimum absolute atomic E-state index is 0.0349. The standard InChI is InChI=1S/C26H28N2O3/c1-19-4-2-3-5-25(19)28-26(29)18-20-6-8-21(9-7-20)30-22-10-12-23(13-11-22)31-24-14-16-27-17-15-24/h2-13,24,27H,14-18H2,1H3,(H,28,29). The second-order valence-electron chi connectivity index (χ2n) is 7.82. The summed E-state index contributed by atoms with van der Waals surface area (Å²) in [5, 5.41) is 6.30. The van der Waals surface area contributed by atoms with E-state index in [-0.39, 0.29) is 12.0 Å². The molecular weight excluding hydrogens is 388 g/mol. The zero-order chi connectivity index (χ0) is 21.5. The Morgan fingerprint density at radius 1 is 0.903 bits per heavy atom. The van der Waals surface area contributed by atoms with Crippen LogP contribution in [0.3, 0.4) is 0 Å². The Labute approximate surface area is 183 Å². The highest BCUT2D eigenvalue weighted by atomic mass is 16.5. The minimum atomic E-state index is -0.0349. The fraction of sp³-hybridized carbons (Fsp3) is 0.269. The smallest absolute Gasteiger partial charge is 0.228 e. The summed E-state index contributed by atoms with van der Waals surface area (Å²) in [7, 11) is 0. The van der Waals surface area contributed by atoms with E-state index in [1.165, 1.54) is 0 Å². The second-order valence-corrected chi connectivity index (χ2v) is 7.82. The molecule has 31 heavy (non-hydrogen) atoms. The van der Waals surface area contributed by atoms with Crippen LogP contribution in [-0.2, 0) is 11.2 Å². The highest BCUT2D eigenvalue weighted by Crippen LogP contribution is 2.25. The van der Waals surface area contributed by atoms with Gasteiger partial charge in [-0.15, -0.1) is 0 Å². The van der Waals surface area contributed by atoms with E-state index < -0.39 is 0 Å². The lowest BCUT2D eigenvalue weighted by molar-refractivity contribution is -0.115. The van der Waals surface area contributed by atoms with Crippen molar-refractivity contribution < 1.29 is 14.3 Å². The van der Waals surface area contributed by atoms with Gasteiger partial charge < -0.3 is 20.1 Å². The average Bonchev–Trinajstić information content (AvgIpc) is 2.79. The van der Waals surface area contributed by atoms with Gasteiger partial charge in [-0.2, -0.15) is 0 Å². The lowest BCUT2D eigenvalue weighted by Crippen LogP contribution is -2.34. The number of benzene rings is 3. The van der Waals surface area contributed by atoms with Crippen molar-refractivity contribution in [1.29, 1.82) is 0 Å². The third-order valence-electron chi connectivity index (χ3n) is 5.36. The van der Waals surface area contributed by atoms with Crippen molar-refractivity contribution in [2.24, 2.45) is 0 Å². The molecule has 1 amide bonds. The number of carbonyl (C=O) groups excluding carboxylic acids is 1. The Hall–Kier alpha value is -3.31. The minimum Gasteiger partial charge on any atom is -0.490 e. The van der Waals surface area contributed by atoms with E-state index in [4.69, 9.17) is 9.47 Å². The number of ether oxygens (including phenoxy) is 2. The number of carbonyl (C=O) groups is 1. The van der Waals surface area contributed by atoms with E-state index >= 15 is 0 Å². The van der Waals surface area contributed by atoms with Gasteiger partial charge in [0.25, 0.3) is 0 Å². The van der Waals surface area contributed by atoms with Crippen molar-refractivity contribution in [3.63, 3.8) is 0 Å². The van der Waals surface area contributed by atoms with Gasteiger partial charge in [0.15, 0.2) is 0 Å². The monoisotopic (exact) mass is 416 g/mol. The van der Waals surface area contributed by atoms with Gasteiger partial charge in [-0.1, -0.05) is 30.3 Å². The molecular formula is C26H28N2O3. The number of anilines is 1. The van der Waals surface area contributed by atoms with Gasteiger partial charge in [-0.3, -0.25) is 4.79 Å². The second kappa shape index (κ2) is 10.1. The number of hydrogen-bond donors (Lipinski definition) is 2. The number of hydrogen-bond acceptors (Lipinski definition) is 4. The maximum absolute atomic E-state index is 12.3. The van der Waals surface area contributed by atoms with Gasteiger partial charge in [-0.25, -0.2) is 0 Å². The molecule has 0 aromatic heterocycles. The molecule has 1 aliphatic rings. The molecule has 1 saturated heterocycles. The van der Waals surface area contributed by atoms with Gasteiger partial charge in [0.1, 0.15) is 23.4 Å². The van der Waals surface area contributed by atoms with Crippen molar-refractivity contribution in [2.45, 2.75) is 32.3 Å². The SMILES string of the molecule is Cc1ccccc1NC(=O)Cc1ccc(Oc2ccc(OC3CCNCC3)cc2)cc1. The van der Waals surface area contributed by atoms with Gasteiger partial charge in [0.05, 0.1) is 6.42 Å². The fourth-order valence-electron chi connectivity index (χ4n) is 3.60. The molecule has 5 heteroatoms. The Kier molecular flexibility index (Phi) is 6.85. The molecule has 1 heterocycles. The first kappa shape index (κ1) is 20.9. The number of rotatable bonds is 7. The van der Waals surface area contributed by atoms with E-state index in [0.29, 0.717) is 6.42 Å². The molecule has 0 aliphatic carbocycles. The summed E-state index contributed by atoms with van der Waals surface area (Å²) in [6.45, 7) is 4.00. The van der Waals surface area contributed by atoms with Crippen LogP contribution in [0.2, 0.25) is 0 Å². The zero-order valence-corrected chi connectivity index (χ0v) is 17.8. The predicted molar refractivity (Wildman–Crippen MR) is 123 cm³/mol. The van der Waals surface area contributed by atoms with Gasteiger partial charge in [-0.05, 0) is 86.4 Å². The Morgan fingerprint density at radius 2 is 1.52 bits per heavy atom. The van der Waals surface area contributed by atoms with Gasteiger partial charge in [0.2, 0.25) is 5.91 Å². The van der Waals surface area contributed by atoms with Crippen LogP contribution < -0.4 is 20.1 Å². The maximum atomic E-state index is 12.3. The first-order chi connectivity index (χ1) is 15.2. The lowest BCUT2D eigenvalue weighted by atomic mass is 10.1. The van der Waals surface area contributed by atoms with Crippen molar-refractivity contribution in [3.05, 3.63) is 83.9 Å². The summed E-state index contributed by atoms with van der Waals surface area (Å²) in [6, 6.07) is 23.1. The van der Waals surface area contributed by atoms with Crippen molar-refractivity contribution >= 4 is 11.6 Å². The molecule has 0 bridgehead atoms. The Bertz CT molecular complexity index is 994. The van der Waals surface area contributed by atoms with E-state index in [1.54, 1.807) is 0 Å². The van der Waals surface area contributed by atoms with E-state index in [9.17, 15) is 4.79 Å². The van der Waals surface area contributed by atoms with Crippen molar-refractivity contribution in [3.8, 4) is 17.2 Å². The number of amides is 1. The molecule has 1 fully saturated rings. The third kappa shape index (κ3) is 6.09. The van der Waals surface area contributed by atoms with Gasteiger partial charge in [0, 0.05) is 5.69 Å². The van der Waals surface area contributed by atoms with Crippen LogP contribution in [0.4, 0.5) is 5.69 Å². The van der Waals surface area contributed by atoms with Crippen LogP contribution in [0.15, 0.2) is 72.8 Å². The fourth-order valence-corrected chi connectivity index (χ4v) is 3.60. The van der Waals surface area contributed by atoms with Crippen molar-refractivity contribution in [1.82, 2.24) is 5.32 Å². The van der Waals surface area contributed by atoms with Crippen LogP contribution in [0.1, 0.15) is 24.0 Å². The van der Waals surface area contributed by atoms with Crippen LogP contribution in [-0.4, -0.2) is 25.1 Å². The molecule has 5 nitrogen and oxygen atoms in total. The van der Waals surface area contributed by atoms with E-state index in [0.717, 1.165) is 60.0 Å². The predicted octanol–water partition coefficient (Wildman–Crippen LogP) is 5.10. The number of aryl methyl sites for hydroxylation is 1. The topological polar surface area (TPSA) is 59.6 Å². The molecule has 0 spiro atoms. The third-order valence-corrected chi connectivity index (χ3v) is 5.36. The van der Waals surface area contributed by atoms with Crippen LogP contribution >= 0.6 is 0 Å². The first-order valence-electron chi connectivity index (χ1n) is 10.8. The molecule has 2 N–H and O–H groups in total. The average molecular weight is 417 g/mol. The van der Waals surface area contributed by atoms with Crippen LogP contribution in [0, 0.1) is 6.92 Å². The summed E-state index contributed by atoms with van der Waals surface area (Å²) in [4.78, 5) is 12.3. The molecule has 1 aliphatic heterocycles. The molecule has 160 valence electrons. The molecule has 4 rings (SSSR count). The molecule has 3 aromatic carbocycles.